The molecule has 0 radical (unpaired) electrons. The Morgan fingerprint density at radius 2 is 2.27 bits per heavy atom. The lowest BCUT2D eigenvalue weighted by atomic mass is 10.0. The molecule has 2 fully saturated rings. The Balaban J connectivity index is 1.77. The maximum atomic E-state index is 13.5. The van der Waals surface area contributed by atoms with Gasteiger partial charge in [-0.3, -0.25) is 9.69 Å². The molecule has 120 valence electrons. The van der Waals surface area contributed by atoms with Gasteiger partial charge in [0, 0.05) is 26.2 Å². The highest BCUT2D eigenvalue weighted by atomic mass is 19.1. The highest BCUT2D eigenvalue weighted by Crippen LogP contribution is 2.42. The molecule has 0 spiro atoms. The molecular formula is C17H23FN2O2. The van der Waals surface area contributed by atoms with Gasteiger partial charge in [-0.15, -0.1) is 0 Å². The van der Waals surface area contributed by atoms with E-state index in [-0.39, 0.29) is 17.8 Å². The Hall–Kier alpha value is -1.46. The van der Waals surface area contributed by atoms with Crippen molar-refractivity contribution < 1.29 is 13.9 Å². The molecule has 0 aromatic heterocycles. The Morgan fingerprint density at radius 1 is 1.45 bits per heavy atom. The molecule has 3 rings (SSSR count). The van der Waals surface area contributed by atoms with Crippen LogP contribution in [-0.4, -0.2) is 43.2 Å². The van der Waals surface area contributed by atoms with Crippen LogP contribution in [0.4, 0.5) is 4.39 Å². The number of halogens is 1. The molecule has 1 N–H and O–H groups in total. The van der Waals surface area contributed by atoms with Crippen LogP contribution in [0, 0.1) is 5.82 Å². The van der Waals surface area contributed by atoms with Crippen molar-refractivity contribution in [1.29, 1.82) is 0 Å². The fourth-order valence-electron chi connectivity index (χ4n) is 3.11. The third kappa shape index (κ3) is 3.47. The van der Waals surface area contributed by atoms with Gasteiger partial charge >= 0.3 is 5.97 Å². The maximum absolute atomic E-state index is 13.5. The zero-order valence-corrected chi connectivity index (χ0v) is 13.0. The van der Waals surface area contributed by atoms with Crippen molar-refractivity contribution in [2.24, 2.45) is 0 Å². The minimum atomic E-state index is -0.259. The van der Waals surface area contributed by atoms with Crippen LogP contribution in [0.1, 0.15) is 36.8 Å². The Morgan fingerprint density at radius 3 is 3.00 bits per heavy atom. The quantitative estimate of drug-likeness (QED) is 0.845. The number of carbonyl (C=O) groups is 1. The van der Waals surface area contributed by atoms with Crippen molar-refractivity contribution in [2.45, 2.75) is 38.3 Å². The van der Waals surface area contributed by atoms with Gasteiger partial charge in [0.15, 0.2) is 0 Å². The summed E-state index contributed by atoms with van der Waals surface area (Å²) in [6.45, 7) is 5.16. The minimum Gasteiger partial charge on any atom is -0.465 e. The predicted molar refractivity (Wildman–Crippen MR) is 82.1 cm³/mol. The van der Waals surface area contributed by atoms with E-state index in [9.17, 15) is 9.18 Å². The van der Waals surface area contributed by atoms with Gasteiger partial charge < -0.3 is 10.1 Å². The average Bonchev–Trinajstić information content (AvgIpc) is 3.34. The van der Waals surface area contributed by atoms with Gasteiger partial charge in [-0.1, -0.05) is 6.07 Å². The monoisotopic (exact) mass is 306 g/mol. The molecule has 1 aromatic carbocycles. The summed E-state index contributed by atoms with van der Waals surface area (Å²) in [5.74, 6) is 0.146. The summed E-state index contributed by atoms with van der Waals surface area (Å²) in [6.07, 6.45) is 2.28. The van der Waals surface area contributed by atoms with Gasteiger partial charge in [-0.25, -0.2) is 4.39 Å². The van der Waals surface area contributed by atoms with Gasteiger partial charge in [0.05, 0.1) is 6.61 Å². The second-order valence-electron chi connectivity index (χ2n) is 6.06. The van der Waals surface area contributed by atoms with E-state index in [0.717, 1.165) is 37.1 Å². The van der Waals surface area contributed by atoms with Crippen molar-refractivity contribution >= 4 is 5.97 Å². The number of benzene rings is 1. The van der Waals surface area contributed by atoms with E-state index in [1.807, 2.05) is 13.0 Å². The fraction of sp³-hybridized carbons (Fsp3) is 0.588. The number of nitrogens with one attached hydrogen (secondary N) is 1. The Kier molecular flexibility index (Phi) is 4.74. The molecule has 1 saturated carbocycles. The van der Waals surface area contributed by atoms with Crippen LogP contribution in [-0.2, 0) is 16.1 Å². The molecule has 1 saturated heterocycles. The molecule has 1 aliphatic heterocycles. The summed E-state index contributed by atoms with van der Waals surface area (Å²) < 4.78 is 18.7. The zero-order valence-electron chi connectivity index (χ0n) is 13.0. The number of carbonyl (C=O) groups excluding carboxylic acids is 1. The molecule has 0 bridgehead atoms. The molecule has 1 heterocycles. The van der Waals surface area contributed by atoms with E-state index in [1.165, 1.54) is 6.07 Å². The first-order valence-electron chi connectivity index (χ1n) is 8.08. The van der Waals surface area contributed by atoms with Crippen LogP contribution in [0.2, 0.25) is 0 Å². The lowest BCUT2D eigenvalue weighted by Crippen LogP contribution is -2.54. The number of esters is 1. The zero-order chi connectivity index (χ0) is 15.5. The first-order valence-corrected chi connectivity index (χ1v) is 8.08. The van der Waals surface area contributed by atoms with Crippen LogP contribution in [0.25, 0.3) is 0 Å². The van der Waals surface area contributed by atoms with Gasteiger partial charge in [-0.2, -0.15) is 0 Å². The Bertz CT molecular complexity index is 545. The fourth-order valence-corrected chi connectivity index (χ4v) is 3.11. The number of hydrogen-bond donors (Lipinski definition) is 1. The second kappa shape index (κ2) is 6.75. The normalized spacial score (nSPS) is 22.5. The van der Waals surface area contributed by atoms with E-state index in [1.54, 1.807) is 6.07 Å². The minimum absolute atomic E-state index is 0.173. The molecule has 5 heteroatoms. The van der Waals surface area contributed by atoms with Crippen molar-refractivity contribution in [3.05, 3.63) is 35.1 Å². The van der Waals surface area contributed by atoms with Gasteiger partial charge in [0.2, 0.25) is 0 Å². The Labute approximate surface area is 130 Å². The summed E-state index contributed by atoms with van der Waals surface area (Å²) in [7, 11) is 0. The van der Waals surface area contributed by atoms with Crippen LogP contribution >= 0.6 is 0 Å². The number of hydrogen-bond acceptors (Lipinski definition) is 4. The van der Waals surface area contributed by atoms with Gasteiger partial charge in [-0.05, 0) is 48.9 Å². The van der Waals surface area contributed by atoms with Crippen molar-refractivity contribution in [3.8, 4) is 0 Å². The summed E-state index contributed by atoms with van der Waals surface area (Å²) in [4.78, 5) is 14.3. The third-order valence-corrected chi connectivity index (χ3v) is 4.41. The summed E-state index contributed by atoms with van der Waals surface area (Å²) in [5.41, 5.74) is 2.25. The highest BCUT2D eigenvalue weighted by Gasteiger charge is 2.32. The summed E-state index contributed by atoms with van der Waals surface area (Å²) in [5, 5.41) is 3.25. The van der Waals surface area contributed by atoms with Crippen LogP contribution < -0.4 is 5.32 Å². The molecule has 4 nitrogen and oxygen atoms in total. The van der Waals surface area contributed by atoms with E-state index in [0.29, 0.717) is 25.6 Å². The number of rotatable bonds is 5. The first kappa shape index (κ1) is 15.4. The lowest BCUT2D eigenvalue weighted by molar-refractivity contribution is -0.150. The molecule has 1 unspecified atom stereocenters. The molecule has 1 aliphatic carbocycles. The van der Waals surface area contributed by atoms with Gasteiger partial charge in [0.1, 0.15) is 11.9 Å². The second-order valence-corrected chi connectivity index (χ2v) is 6.06. The van der Waals surface area contributed by atoms with E-state index < -0.39 is 0 Å². The molecule has 2 aliphatic rings. The van der Waals surface area contributed by atoms with Crippen molar-refractivity contribution in [1.82, 2.24) is 10.2 Å². The predicted octanol–water partition coefficient (Wildman–Crippen LogP) is 2.04. The number of ether oxygens (including phenoxy) is 1. The smallest absolute Gasteiger partial charge is 0.324 e. The number of nitrogens with zero attached hydrogens (tertiary/aromatic N) is 1. The molecule has 1 atom stereocenters. The first-order chi connectivity index (χ1) is 10.7. The SMILES string of the molecule is CCOC(=O)C1CNCCN1Cc1ccc(F)cc1C1CC1. The third-order valence-electron chi connectivity index (χ3n) is 4.41. The van der Waals surface area contributed by atoms with Crippen LogP contribution in [0.3, 0.4) is 0 Å². The molecule has 0 amide bonds. The maximum Gasteiger partial charge on any atom is 0.324 e. The topological polar surface area (TPSA) is 41.6 Å². The van der Waals surface area contributed by atoms with Gasteiger partial charge in [0.25, 0.3) is 0 Å². The lowest BCUT2D eigenvalue weighted by Gasteiger charge is -2.34. The van der Waals surface area contributed by atoms with E-state index >= 15 is 0 Å². The number of piperazine rings is 1. The largest absolute Gasteiger partial charge is 0.465 e. The molecule has 1 aromatic rings. The highest BCUT2D eigenvalue weighted by molar-refractivity contribution is 5.76. The summed E-state index contributed by atoms with van der Waals surface area (Å²) in [6, 6.07) is 4.79. The molecular weight excluding hydrogens is 283 g/mol. The van der Waals surface area contributed by atoms with E-state index in [2.05, 4.69) is 10.2 Å². The molecule has 22 heavy (non-hydrogen) atoms. The van der Waals surface area contributed by atoms with Crippen LogP contribution in [0.15, 0.2) is 18.2 Å². The van der Waals surface area contributed by atoms with Crippen molar-refractivity contribution in [3.63, 3.8) is 0 Å². The standard InChI is InChI=1S/C17H23FN2O2/c1-2-22-17(21)16-10-19-7-8-20(16)11-13-5-6-14(18)9-15(13)12-3-4-12/h5-6,9,12,16,19H,2-4,7-8,10-11H2,1H3. The van der Waals surface area contributed by atoms with Crippen molar-refractivity contribution in [2.75, 3.05) is 26.2 Å². The van der Waals surface area contributed by atoms with E-state index in [4.69, 9.17) is 4.74 Å². The average molecular weight is 306 g/mol. The summed E-state index contributed by atoms with van der Waals surface area (Å²) >= 11 is 0. The van der Waals surface area contributed by atoms with Crippen LogP contribution in [0.5, 0.6) is 0 Å².